The Kier molecular flexibility index (Phi) is 20.7. The van der Waals surface area contributed by atoms with Crippen molar-refractivity contribution in [2.45, 2.75) is 109 Å². The molecule has 0 aliphatic heterocycles. The molecule has 0 saturated carbocycles. The summed E-state index contributed by atoms with van der Waals surface area (Å²) in [5.41, 5.74) is 0. The topological polar surface area (TPSA) is 138 Å². The fourth-order valence-corrected chi connectivity index (χ4v) is 4.93. The van der Waals surface area contributed by atoms with Gasteiger partial charge in [-0.15, -0.1) is 0 Å². The summed E-state index contributed by atoms with van der Waals surface area (Å²) >= 11 is 0.750. The molecule has 1 unspecified atom stereocenters. The number of hydrogen-bond acceptors (Lipinski definition) is 5. The van der Waals surface area contributed by atoms with Crippen molar-refractivity contribution in [2.75, 3.05) is 0 Å². The molecule has 0 heterocycles. The van der Waals surface area contributed by atoms with Gasteiger partial charge in [0, 0.05) is 0 Å². The summed E-state index contributed by atoms with van der Waals surface area (Å²) in [6.45, 7) is 4.21. The third-order valence-electron chi connectivity index (χ3n) is 5.01. The summed E-state index contributed by atoms with van der Waals surface area (Å²) in [6, 6.07) is 0. The van der Waals surface area contributed by atoms with E-state index in [2.05, 4.69) is 18.4 Å². The van der Waals surface area contributed by atoms with Crippen LogP contribution in [0.25, 0.3) is 0 Å². The summed E-state index contributed by atoms with van der Waals surface area (Å²) in [5, 5.41) is -2.01. The van der Waals surface area contributed by atoms with Crippen LogP contribution < -0.4 is 0 Å². The third-order valence-corrected chi connectivity index (χ3v) is 7.11. The molecule has 0 fully saturated rings. The Morgan fingerprint density at radius 2 is 1.21 bits per heavy atom. The first kappa shape index (κ1) is 31.5. The van der Waals surface area contributed by atoms with Crippen molar-refractivity contribution in [1.82, 2.24) is 0 Å². The zero-order valence-electron chi connectivity index (χ0n) is 17.7. The van der Waals surface area contributed by atoms with E-state index in [9.17, 15) is 23.7 Å². The zero-order chi connectivity index (χ0) is 22.8. The number of hydrogen-bond donors (Lipinski definition) is 3. The number of rotatable bonds is 17. The van der Waals surface area contributed by atoms with E-state index >= 15 is 0 Å². The molecule has 172 valence electrons. The molecule has 0 aliphatic rings. The second kappa shape index (κ2) is 19.0. The Balaban J connectivity index is 0. The van der Waals surface area contributed by atoms with Gasteiger partial charge in [-0.2, -0.15) is 0 Å². The molecular weight excluding hydrogens is 454 g/mol. The first-order valence-electron chi connectivity index (χ1n) is 10.4. The van der Waals surface area contributed by atoms with Gasteiger partial charge < -0.3 is 19.2 Å². The summed E-state index contributed by atoms with van der Waals surface area (Å²) in [7, 11) is -8.45. The van der Waals surface area contributed by atoms with E-state index in [0.29, 0.717) is 12.8 Å². The Hall–Kier alpha value is 0.324. The van der Waals surface area contributed by atoms with Crippen molar-refractivity contribution in [1.29, 1.82) is 0 Å². The molecule has 0 saturated heterocycles. The molecule has 0 spiro atoms. The molecule has 0 aliphatic carbocycles. The Labute approximate surface area is 187 Å². The Morgan fingerprint density at radius 3 is 1.52 bits per heavy atom. The molecule has 0 aromatic rings. The molecule has 0 radical (unpaired) electrons. The van der Waals surface area contributed by atoms with Crippen molar-refractivity contribution in [3.63, 3.8) is 0 Å². The Morgan fingerprint density at radius 1 is 0.862 bits per heavy atom. The monoisotopic (exact) mass is 492 g/mol. The van der Waals surface area contributed by atoms with Crippen molar-refractivity contribution in [3.05, 3.63) is 0 Å². The van der Waals surface area contributed by atoms with Crippen LogP contribution in [0.5, 0.6) is 0 Å². The van der Waals surface area contributed by atoms with Crippen LogP contribution in [0.2, 0.25) is 0 Å². The molecule has 0 aromatic carbocycles. The van der Waals surface area contributed by atoms with Crippen molar-refractivity contribution < 1.29 is 56.9 Å². The predicted octanol–water partition coefficient (Wildman–Crippen LogP) is 5.21. The fraction of sp³-hybridized carbons (Fsp3) is 0.944. The second-order valence-corrected chi connectivity index (χ2v) is 9.95. The van der Waals surface area contributed by atoms with Crippen LogP contribution in [0, 0.1) is 0 Å². The second-order valence-electron chi connectivity index (χ2n) is 7.27. The molecule has 8 nitrogen and oxygen atoms in total. The van der Waals surface area contributed by atoms with E-state index in [1.807, 2.05) is 0 Å². The van der Waals surface area contributed by atoms with E-state index in [4.69, 9.17) is 8.22 Å². The minimum atomic E-state index is -4.85. The number of carbonyl (C=O) groups excluding carboxylic acids is 1. The quantitative estimate of drug-likeness (QED) is 0.143. The van der Waals surface area contributed by atoms with Gasteiger partial charge in [0.15, 0.2) is 5.16 Å². The van der Waals surface area contributed by atoms with Gasteiger partial charge in [-0.25, -0.2) is 4.57 Å². The van der Waals surface area contributed by atoms with Crippen molar-refractivity contribution in [2.24, 2.45) is 0 Å². The summed E-state index contributed by atoms with van der Waals surface area (Å²) in [4.78, 5) is 41.2. The summed E-state index contributed by atoms with van der Waals surface area (Å²) in [5.74, 6) is -1.23. The van der Waals surface area contributed by atoms with Gasteiger partial charge in [0.1, 0.15) is 0 Å². The van der Waals surface area contributed by atoms with Gasteiger partial charge in [0.2, 0.25) is 0 Å². The van der Waals surface area contributed by atoms with Gasteiger partial charge in [0.05, 0.1) is 0 Å². The van der Waals surface area contributed by atoms with Crippen molar-refractivity contribution >= 4 is 21.8 Å². The maximum absolute atomic E-state index is 12.4. The Bertz CT molecular complexity index is 482. The van der Waals surface area contributed by atoms with Gasteiger partial charge >= 0.3 is 45.5 Å². The van der Waals surface area contributed by atoms with Crippen LogP contribution in [0.4, 0.5) is 0 Å². The molecule has 3 N–H and O–H groups in total. The molecular formula is C18H38O8P2Ti. The fourth-order valence-electron chi connectivity index (χ4n) is 3.31. The minimum absolute atomic E-state index is 0.0215. The third kappa shape index (κ3) is 14.1. The van der Waals surface area contributed by atoms with E-state index in [1.165, 1.54) is 0 Å². The number of unbranched alkanes of at least 4 members (excludes halogenated alkanes) is 10. The summed E-state index contributed by atoms with van der Waals surface area (Å²) in [6.07, 6.45) is 10.8. The maximum atomic E-state index is 12.4. The van der Waals surface area contributed by atoms with Crippen LogP contribution in [0.15, 0.2) is 0 Å². The molecule has 0 amide bonds. The zero-order valence-corrected chi connectivity index (χ0v) is 21.2. The molecule has 29 heavy (non-hydrogen) atoms. The first-order chi connectivity index (χ1) is 13.7. The van der Waals surface area contributed by atoms with Crippen LogP contribution in [0.1, 0.15) is 104 Å². The predicted molar refractivity (Wildman–Crippen MR) is 109 cm³/mol. The average molecular weight is 492 g/mol. The van der Waals surface area contributed by atoms with Crippen LogP contribution >= 0.6 is 15.9 Å². The van der Waals surface area contributed by atoms with Crippen LogP contribution in [-0.2, 0) is 42.2 Å². The molecule has 1 atom stereocenters. The van der Waals surface area contributed by atoms with Gasteiger partial charge in [-0.05, 0) is 12.8 Å². The van der Waals surface area contributed by atoms with Crippen LogP contribution in [0.3, 0.4) is 0 Å². The van der Waals surface area contributed by atoms with E-state index in [1.54, 1.807) is 0 Å². The first-order valence-corrected chi connectivity index (χ1v) is 13.9. The van der Waals surface area contributed by atoms with Gasteiger partial charge in [0.25, 0.3) is 0 Å². The van der Waals surface area contributed by atoms with Gasteiger partial charge in [-0.3, -0.25) is 9.36 Å². The van der Waals surface area contributed by atoms with Gasteiger partial charge in [-0.1, -0.05) is 90.9 Å². The van der Waals surface area contributed by atoms with E-state index in [0.717, 1.165) is 84.6 Å². The molecule has 0 rings (SSSR count). The molecule has 11 heteroatoms. The summed E-state index contributed by atoms with van der Waals surface area (Å²) < 4.78 is 35.9. The van der Waals surface area contributed by atoms with E-state index < -0.39 is 27.0 Å². The van der Waals surface area contributed by atoms with Crippen molar-refractivity contribution in [3.8, 4) is 0 Å². The number of carbonyl (C=O) groups is 1. The normalized spacial score (nSPS) is 12.7. The SMILES string of the molecule is CCCCCCCCC(CCCCCCCC)(C(=O)O[PH](=O)O)P(=O)(O)O.[O]=[Ti]. The average Bonchev–Trinajstić information content (AvgIpc) is 2.65. The molecule has 0 aromatic heterocycles. The van der Waals surface area contributed by atoms with Crippen LogP contribution in [-0.4, -0.2) is 25.8 Å². The van der Waals surface area contributed by atoms with E-state index in [-0.39, 0.29) is 12.8 Å². The standard InChI is InChI=1S/C18H38O7P2.O.Ti/c1-3-5-7-9-11-13-15-18(27(22,23)24,17(19)25-26(20)21)16-14-12-10-8-6-4-2;;/h26H,3-16H2,1-2H3,(H,20,21)(H2,22,23,24);;. The molecule has 0 bridgehead atoms.